The number of allylic oxidation sites excluding steroid dienone is 2. The lowest BCUT2D eigenvalue weighted by molar-refractivity contribution is -0.266. The number of likely N-dealkylation sites (tertiary alicyclic amines) is 1. The van der Waals surface area contributed by atoms with Gasteiger partial charge in [0.15, 0.2) is 12.4 Å². The highest BCUT2D eigenvalue weighted by atomic mass is 16.7. The molecule has 2 amide bonds. The van der Waals surface area contributed by atoms with Crippen LogP contribution in [-0.2, 0) is 23.9 Å². The van der Waals surface area contributed by atoms with Gasteiger partial charge in [-0.1, -0.05) is 12.2 Å². The fourth-order valence-electron chi connectivity index (χ4n) is 4.89. The summed E-state index contributed by atoms with van der Waals surface area (Å²) in [5.74, 6) is -1.38. The number of nitrogens with zero attached hydrogens (tertiary/aromatic N) is 1. The second-order valence-corrected chi connectivity index (χ2v) is 8.03. The van der Waals surface area contributed by atoms with E-state index in [-0.39, 0.29) is 48.5 Å². The summed E-state index contributed by atoms with van der Waals surface area (Å²) in [5, 5.41) is 28.6. The minimum absolute atomic E-state index is 0.0776. The smallest absolute Gasteiger partial charge is 0.333 e. The van der Waals surface area contributed by atoms with Gasteiger partial charge in [0.2, 0.25) is 11.8 Å². The Bertz CT molecular complexity index is 663. The second kappa shape index (κ2) is 7.55. The normalized spacial score (nSPS) is 41.7. The van der Waals surface area contributed by atoms with Crippen LogP contribution in [0.4, 0.5) is 0 Å². The summed E-state index contributed by atoms with van der Waals surface area (Å²) in [7, 11) is 0. The van der Waals surface area contributed by atoms with Gasteiger partial charge in [0.1, 0.15) is 6.10 Å². The average Bonchev–Trinajstić information content (AvgIpc) is 3.33. The molecule has 2 aliphatic carbocycles. The molecule has 5 unspecified atom stereocenters. The molecule has 8 atom stereocenters. The molecule has 4 aliphatic rings. The van der Waals surface area contributed by atoms with Crippen LogP contribution in [0, 0.1) is 23.7 Å². The van der Waals surface area contributed by atoms with E-state index in [0.717, 1.165) is 6.42 Å². The van der Waals surface area contributed by atoms with Gasteiger partial charge in [-0.05, 0) is 31.1 Å². The second-order valence-electron chi connectivity index (χ2n) is 8.03. The van der Waals surface area contributed by atoms with E-state index in [1.165, 1.54) is 4.90 Å². The Balaban J connectivity index is 1.22. The molecule has 0 aromatic heterocycles. The van der Waals surface area contributed by atoms with Gasteiger partial charge in [0.25, 0.3) is 0 Å². The van der Waals surface area contributed by atoms with Crippen LogP contribution in [0.2, 0.25) is 0 Å². The summed E-state index contributed by atoms with van der Waals surface area (Å²) >= 11 is 0. The summed E-state index contributed by atoms with van der Waals surface area (Å²) in [5.41, 5.74) is 0. The number of aliphatic hydroxyl groups excluding tert-OH is 2. The minimum Gasteiger partial charge on any atom is -0.479 e. The Labute approximate surface area is 161 Å². The van der Waals surface area contributed by atoms with Gasteiger partial charge in [-0.25, -0.2) is 4.79 Å². The van der Waals surface area contributed by atoms with E-state index in [1.807, 2.05) is 0 Å². The molecule has 28 heavy (non-hydrogen) atoms. The summed E-state index contributed by atoms with van der Waals surface area (Å²) in [6, 6.07) is 0. The van der Waals surface area contributed by atoms with E-state index in [4.69, 9.17) is 14.6 Å². The van der Waals surface area contributed by atoms with Crippen molar-refractivity contribution < 1.29 is 39.2 Å². The maximum absolute atomic E-state index is 12.6. The van der Waals surface area contributed by atoms with Crippen molar-refractivity contribution >= 4 is 17.8 Å². The van der Waals surface area contributed by atoms with Crippen LogP contribution in [0.25, 0.3) is 0 Å². The number of fused-ring (bicyclic) bond motifs is 5. The fourth-order valence-corrected chi connectivity index (χ4v) is 4.89. The Hall–Kier alpha value is -1.81. The fraction of sp³-hybridized carbons (Fsp3) is 0.737. The molecule has 0 aromatic rings. The molecule has 0 aromatic carbocycles. The number of amides is 2. The number of unbranched alkanes of at least 4 members (excludes halogenated alkanes) is 1. The minimum atomic E-state index is -1.32. The van der Waals surface area contributed by atoms with Crippen molar-refractivity contribution in [2.24, 2.45) is 23.7 Å². The van der Waals surface area contributed by atoms with E-state index in [1.54, 1.807) is 0 Å². The van der Waals surface area contributed by atoms with Gasteiger partial charge >= 0.3 is 5.97 Å². The lowest BCUT2D eigenvalue weighted by Crippen LogP contribution is -2.51. The standard InChI is InChI=1S/C19H25NO8/c21-11-8-12(18(25)26)28-19(15(11)22)27-6-2-1-5-20-16(23)13-9-3-4-10(7-9)14(13)17(20)24/h3-4,9-15,19,21-22H,1-2,5-8H2,(H,25,26)/t9-,10+,11?,12?,13+,14?,15?,19?/m0/s1. The number of ether oxygens (including phenoxy) is 2. The molecule has 9 heteroatoms. The summed E-state index contributed by atoms with van der Waals surface area (Å²) < 4.78 is 10.6. The van der Waals surface area contributed by atoms with Crippen LogP contribution in [-0.4, -0.2) is 75.8 Å². The lowest BCUT2D eigenvalue weighted by atomic mass is 9.85. The van der Waals surface area contributed by atoms with E-state index in [9.17, 15) is 24.6 Å². The Morgan fingerprint density at radius 3 is 2.36 bits per heavy atom. The third-order valence-corrected chi connectivity index (χ3v) is 6.32. The Morgan fingerprint density at radius 2 is 1.75 bits per heavy atom. The van der Waals surface area contributed by atoms with E-state index in [2.05, 4.69) is 12.2 Å². The van der Waals surface area contributed by atoms with Crippen LogP contribution in [0.3, 0.4) is 0 Å². The maximum atomic E-state index is 12.6. The largest absolute Gasteiger partial charge is 0.479 e. The summed E-state index contributed by atoms with van der Waals surface area (Å²) in [6.07, 6.45) is 0.850. The Kier molecular flexibility index (Phi) is 5.26. The third kappa shape index (κ3) is 3.26. The van der Waals surface area contributed by atoms with E-state index in [0.29, 0.717) is 19.4 Å². The quantitative estimate of drug-likeness (QED) is 0.299. The number of carbonyl (C=O) groups is 3. The van der Waals surface area contributed by atoms with Crippen LogP contribution in [0.5, 0.6) is 0 Å². The first-order valence-electron chi connectivity index (χ1n) is 9.78. The predicted octanol–water partition coefficient (Wildman–Crippen LogP) is -0.488. The average molecular weight is 395 g/mol. The molecule has 0 radical (unpaired) electrons. The number of carbonyl (C=O) groups excluding carboxylic acids is 2. The molecule has 2 bridgehead atoms. The number of hydrogen-bond acceptors (Lipinski definition) is 7. The highest BCUT2D eigenvalue weighted by molar-refractivity contribution is 6.06. The number of carboxylic acids is 1. The van der Waals surface area contributed by atoms with Crippen LogP contribution in [0.15, 0.2) is 12.2 Å². The topological polar surface area (TPSA) is 134 Å². The molecule has 4 rings (SSSR count). The maximum Gasteiger partial charge on any atom is 0.333 e. The van der Waals surface area contributed by atoms with Crippen LogP contribution in [0.1, 0.15) is 25.7 Å². The summed E-state index contributed by atoms with van der Waals surface area (Å²) in [6.45, 7) is 0.471. The molecule has 154 valence electrons. The number of hydrogen-bond donors (Lipinski definition) is 3. The van der Waals surface area contributed by atoms with Gasteiger partial charge in [-0.2, -0.15) is 0 Å². The highest BCUT2D eigenvalue weighted by Crippen LogP contribution is 2.52. The molecule has 2 heterocycles. The molecule has 9 nitrogen and oxygen atoms in total. The van der Waals surface area contributed by atoms with Crippen molar-refractivity contribution in [2.75, 3.05) is 13.2 Å². The molecule has 3 N–H and O–H groups in total. The molecule has 2 saturated heterocycles. The zero-order valence-corrected chi connectivity index (χ0v) is 15.3. The zero-order chi connectivity index (χ0) is 20.0. The van der Waals surface area contributed by atoms with E-state index < -0.39 is 30.6 Å². The first-order chi connectivity index (χ1) is 13.4. The molecular formula is C19H25NO8. The molecular weight excluding hydrogens is 370 g/mol. The van der Waals surface area contributed by atoms with E-state index >= 15 is 0 Å². The number of aliphatic carboxylic acids is 1. The van der Waals surface area contributed by atoms with Gasteiger partial charge in [0, 0.05) is 19.6 Å². The monoisotopic (exact) mass is 395 g/mol. The number of aliphatic hydroxyl groups is 2. The van der Waals surface area contributed by atoms with Crippen molar-refractivity contribution in [2.45, 2.75) is 50.3 Å². The van der Waals surface area contributed by atoms with Crippen molar-refractivity contribution in [3.63, 3.8) is 0 Å². The van der Waals surface area contributed by atoms with Crippen molar-refractivity contribution in [3.05, 3.63) is 12.2 Å². The van der Waals surface area contributed by atoms with Crippen LogP contribution < -0.4 is 0 Å². The van der Waals surface area contributed by atoms with Crippen LogP contribution >= 0.6 is 0 Å². The zero-order valence-electron chi connectivity index (χ0n) is 15.3. The number of imide groups is 1. The summed E-state index contributed by atoms with van der Waals surface area (Å²) in [4.78, 5) is 37.5. The van der Waals surface area contributed by atoms with Gasteiger partial charge < -0.3 is 24.8 Å². The Morgan fingerprint density at radius 1 is 1.11 bits per heavy atom. The molecule has 3 fully saturated rings. The van der Waals surface area contributed by atoms with Crippen molar-refractivity contribution in [3.8, 4) is 0 Å². The third-order valence-electron chi connectivity index (χ3n) is 6.32. The van der Waals surface area contributed by atoms with Crippen molar-refractivity contribution in [1.29, 1.82) is 0 Å². The SMILES string of the molecule is O=C(O)C1CC(O)C(O)C(OCCCCN2C(=O)C3[C@@H]4C=C[C@@H](C4)[C@H]3C2=O)O1. The molecule has 2 aliphatic heterocycles. The first kappa shape index (κ1) is 19.5. The predicted molar refractivity (Wildman–Crippen MR) is 92.6 cm³/mol. The number of rotatable bonds is 7. The van der Waals surface area contributed by atoms with Crippen molar-refractivity contribution in [1.82, 2.24) is 4.90 Å². The molecule has 0 spiro atoms. The van der Waals surface area contributed by atoms with Gasteiger partial charge in [-0.15, -0.1) is 0 Å². The number of carboxylic acid groups (broad SMARTS) is 1. The lowest BCUT2D eigenvalue weighted by Gasteiger charge is -2.35. The van der Waals surface area contributed by atoms with Gasteiger partial charge in [0.05, 0.1) is 17.9 Å². The first-order valence-corrected chi connectivity index (χ1v) is 9.78. The highest BCUT2D eigenvalue weighted by Gasteiger charge is 2.58. The molecule has 1 saturated carbocycles. The van der Waals surface area contributed by atoms with Gasteiger partial charge in [-0.3, -0.25) is 14.5 Å².